The smallest absolute Gasteiger partial charge is 0.344 e. The van der Waals surface area contributed by atoms with E-state index in [0.717, 1.165) is 21.8 Å². The molecular weight excluding hydrogens is 512 g/mol. The van der Waals surface area contributed by atoms with Crippen LogP contribution >= 0.6 is 34.7 Å². The molecule has 180 valence electrons. The number of H-pyrrole nitrogens is 1. The number of aromatic nitrogens is 1. The molecule has 8 nitrogen and oxygen atoms in total. The van der Waals surface area contributed by atoms with Gasteiger partial charge in [-0.05, 0) is 48.9 Å². The number of imide groups is 1. The summed E-state index contributed by atoms with van der Waals surface area (Å²) in [5.41, 5.74) is 1.22. The van der Waals surface area contributed by atoms with E-state index in [1.807, 2.05) is 0 Å². The van der Waals surface area contributed by atoms with Crippen molar-refractivity contribution in [2.45, 2.75) is 23.1 Å². The summed E-state index contributed by atoms with van der Waals surface area (Å²) in [5.74, 6) is -1.84. The van der Waals surface area contributed by atoms with E-state index >= 15 is 0 Å². The maximum absolute atomic E-state index is 13.6. The molecule has 35 heavy (non-hydrogen) atoms. The minimum atomic E-state index is -0.687. The quantitative estimate of drug-likeness (QED) is 0.381. The molecule has 1 aromatic heterocycles. The second-order valence-electron chi connectivity index (χ2n) is 7.90. The summed E-state index contributed by atoms with van der Waals surface area (Å²) in [6.07, 6.45) is 0. The Morgan fingerprint density at radius 2 is 1.77 bits per heavy atom. The number of rotatable bonds is 6. The number of esters is 1. The Balaban J connectivity index is 1.49. The van der Waals surface area contributed by atoms with Gasteiger partial charge in [-0.25, -0.2) is 9.69 Å². The Hall–Kier alpha value is -3.08. The molecule has 0 saturated carbocycles. The van der Waals surface area contributed by atoms with Gasteiger partial charge in [0.25, 0.3) is 0 Å². The minimum Gasteiger partial charge on any atom is -0.482 e. The molecule has 11 heteroatoms. The summed E-state index contributed by atoms with van der Waals surface area (Å²) in [7, 11) is 0. The second kappa shape index (κ2) is 9.52. The molecule has 0 spiro atoms. The van der Waals surface area contributed by atoms with Gasteiger partial charge in [0, 0.05) is 15.8 Å². The van der Waals surface area contributed by atoms with Gasteiger partial charge in [0.2, 0.25) is 11.8 Å². The van der Waals surface area contributed by atoms with Crippen molar-refractivity contribution in [1.29, 1.82) is 0 Å². The van der Waals surface area contributed by atoms with Crippen LogP contribution < -0.4 is 14.5 Å². The van der Waals surface area contributed by atoms with Gasteiger partial charge < -0.3 is 14.5 Å². The standard InChI is InChI=1S/C24H19ClN2O6S2/c1-2-32-16(28)11-33-15-9-3-12(4-10-15)17-18-20(34-21-19(17)35-24(31)26-21)23(30)27(22(18)29)14-7-5-13(25)6-8-14/h3-10,17-18,20H,2,11H2,1H3,(H,26,31)/t17-,18?,20?/m1/s1. The molecule has 2 aromatic carbocycles. The van der Waals surface area contributed by atoms with Gasteiger partial charge in [0.05, 0.1) is 23.2 Å². The molecule has 2 unspecified atom stereocenters. The zero-order valence-corrected chi connectivity index (χ0v) is 20.7. The summed E-state index contributed by atoms with van der Waals surface area (Å²) in [6.45, 7) is 1.77. The van der Waals surface area contributed by atoms with Gasteiger partial charge in [-0.1, -0.05) is 46.8 Å². The lowest BCUT2D eigenvalue weighted by atomic mass is 9.83. The fourth-order valence-corrected chi connectivity index (χ4v) is 6.98. The molecule has 3 atom stereocenters. The number of amides is 2. The molecule has 3 heterocycles. The molecule has 0 radical (unpaired) electrons. The Morgan fingerprint density at radius 1 is 1.06 bits per heavy atom. The Labute approximate surface area is 213 Å². The number of benzene rings is 2. The van der Waals surface area contributed by atoms with E-state index < -0.39 is 23.1 Å². The number of nitrogens with one attached hydrogen (secondary N) is 1. The number of thiazole rings is 1. The third-order valence-electron chi connectivity index (χ3n) is 5.81. The maximum Gasteiger partial charge on any atom is 0.344 e. The van der Waals surface area contributed by atoms with Crippen LogP contribution in [0.15, 0.2) is 58.4 Å². The molecule has 0 aliphatic carbocycles. The first-order valence-electron chi connectivity index (χ1n) is 10.8. The number of aromatic amines is 1. The van der Waals surface area contributed by atoms with Crippen molar-refractivity contribution in [3.05, 3.63) is 73.7 Å². The largest absolute Gasteiger partial charge is 0.482 e. The molecule has 1 saturated heterocycles. The predicted octanol–water partition coefficient (Wildman–Crippen LogP) is 3.83. The monoisotopic (exact) mass is 530 g/mol. The van der Waals surface area contributed by atoms with E-state index in [2.05, 4.69) is 4.98 Å². The van der Waals surface area contributed by atoms with Crippen LogP contribution in [0.4, 0.5) is 5.69 Å². The summed E-state index contributed by atoms with van der Waals surface area (Å²) in [6, 6.07) is 13.5. The molecule has 2 aliphatic heterocycles. The predicted molar refractivity (Wildman–Crippen MR) is 132 cm³/mol. The minimum absolute atomic E-state index is 0.218. The Kier molecular flexibility index (Phi) is 6.43. The van der Waals surface area contributed by atoms with Gasteiger partial charge >= 0.3 is 10.8 Å². The summed E-state index contributed by atoms with van der Waals surface area (Å²) >= 11 is 8.25. The van der Waals surface area contributed by atoms with Crippen molar-refractivity contribution >= 4 is 58.2 Å². The average molecular weight is 531 g/mol. The van der Waals surface area contributed by atoms with Crippen LogP contribution in [0.3, 0.4) is 0 Å². The number of carbonyl (C=O) groups excluding carboxylic acids is 3. The van der Waals surface area contributed by atoms with Crippen LogP contribution in [0.2, 0.25) is 5.02 Å². The third-order valence-corrected chi connectivity index (χ3v) is 8.46. The van der Waals surface area contributed by atoms with E-state index in [-0.39, 0.29) is 29.9 Å². The number of carbonyl (C=O) groups is 3. The zero-order valence-electron chi connectivity index (χ0n) is 18.4. The fourth-order valence-electron chi connectivity index (χ4n) is 4.34. The van der Waals surface area contributed by atoms with Crippen molar-refractivity contribution in [3.63, 3.8) is 0 Å². The third kappa shape index (κ3) is 4.37. The van der Waals surface area contributed by atoms with Gasteiger partial charge in [0.15, 0.2) is 6.61 Å². The number of halogens is 1. The van der Waals surface area contributed by atoms with Crippen LogP contribution in [0.25, 0.3) is 0 Å². The van der Waals surface area contributed by atoms with Crippen LogP contribution in [-0.2, 0) is 19.1 Å². The SMILES string of the molecule is CCOC(=O)COc1ccc([C@H]2c3sc(=O)[nH]c3SC3C(=O)N(c4ccc(Cl)cc4)C(=O)C32)cc1. The van der Waals surface area contributed by atoms with Crippen LogP contribution in [0.5, 0.6) is 5.75 Å². The van der Waals surface area contributed by atoms with Gasteiger partial charge in [-0.3, -0.25) is 14.4 Å². The first kappa shape index (κ1) is 23.7. The van der Waals surface area contributed by atoms with E-state index in [1.165, 1.54) is 16.7 Å². The lowest BCUT2D eigenvalue weighted by molar-refractivity contribution is -0.145. The zero-order chi connectivity index (χ0) is 24.7. The van der Waals surface area contributed by atoms with Crippen molar-refractivity contribution in [3.8, 4) is 5.75 Å². The first-order chi connectivity index (χ1) is 16.9. The normalized spacial score (nSPS) is 21.0. The first-order valence-corrected chi connectivity index (χ1v) is 12.9. The van der Waals surface area contributed by atoms with Crippen LogP contribution in [0, 0.1) is 5.92 Å². The molecule has 1 N–H and O–H groups in total. The molecule has 2 aliphatic rings. The van der Waals surface area contributed by atoms with E-state index in [4.69, 9.17) is 21.1 Å². The van der Waals surface area contributed by atoms with Crippen molar-refractivity contribution < 1.29 is 23.9 Å². The fraction of sp³-hybridized carbons (Fsp3) is 0.250. The molecule has 0 bridgehead atoms. The summed E-state index contributed by atoms with van der Waals surface area (Å²) in [4.78, 5) is 55.3. The summed E-state index contributed by atoms with van der Waals surface area (Å²) in [5, 5.41) is 0.427. The molecule has 3 aromatic rings. The lowest BCUT2D eigenvalue weighted by Gasteiger charge is -2.29. The number of thioether (sulfide) groups is 1. The number of hydrogen-bond acceptors (Lipinski definition) is 8. The van der Waals surface area contributed by atoms with E-state index in [9.17, 15) is 19.2 Å². The molecular formula is C24H19ClN2O6S2. The highest BCUT2D eigenvalue weighted by atomic mass is 35.5. The highest BCUT2D eigenvalue weighted by Gasteiger charge is 2.56. The van der Waals surface area contributed by atoms with Crippen molar-refractivity contribution in [2.24, 2.45) is 5.92 Å². The molecule has 2 amide bonds. The maximum atomic E-state index is 13.6. The number of anilines is 1. The van der Waals surface area contributed by atoms with Crippen LogP contribution in [0.1, 0.15) is 23.3 Å². The number of fused-ring (bicyclic) bond motifs is 2. The van der Waals surface area contributed by atoms with Crippen molar-refractivity contribution in [2.75, 3.05) is 18.1 Å². The van der Waals surface area contributed by atoms with E-state index in [1.54, 1.807) is 55.5 Å². The number of ether oxygens (including phenoxy) is 2. The molecule has 5 rings (SSSR count). The van der Waals surface area contributed by atoms with Gasteiger partial charge in [-0.2, -0.15) is 0 Å². The Morgan fingerprint density at radius 3 is 2.46 bits per heavy atom. The lowest BCUT2D eigenvalue weighted by Crippen LogP contribution is -2.32. The van der Waals surface area contributed by atoms with Crippen LogP contribution in [-0.4, -0.2) is 41.2 Å². The van der Waals surface area contributed by atoms with Gasteiger partial charge in [0.1, 0.15) is 11.0 Å². The highest BCUT2D eigenvalue weighted by Crippen LogP contribution is 2.53. The summed E-state index contributed by atoms with van der Waals surface area (Å²) < 4.78 is 10.3. The van der Waals surface area contributed by atoms with Crippen molar-refractivity contribution in [1.82, 2.24) is 4.98 Å². The number of hydrogen-bond donors (Lipinski definition) is 1. The van der Waals surface area contributed by atoms with Gasteiger partial charge in [-0.15, -0.1) is 0 Å². The second-order valence-corrected chi connectivity index (χ2v) is 10.5. The average Bonchev–Trinajstić information content (AvgIpc) is 3.33. The highest BCUT2D eigenvalue weighted by molar-refractivity contribution is 8.00. The number of nitrogens with zero attached hydrogens (tertiary/aromatic N) is 1. The topological polar surface area (TPSA) is 106 Å². The van der Waals surface area contributed by atoms with E-state index in [0.29, 0.717) is 21.5 Å². The molecule has 1 fully saturated rings. The Bertz CT molecular complexity index is 1350.